The van der Waals surface area contributed by atoms with Gasteiger partial charge in [0.2, 0.25) is 10.0 Å². The maximum atomic E-state index is 13.3. The average Bonchev–Trinajstić information content (AvgIpc) is 3.62. The number of ether oxygens (including phenoxy) is 2. The van der Waals surface area contributed by atoms with E-state index in [-0.39, 0.29) is 35.4 Å². The van der Waals surface area contributed by atoms with Gasteiger partial charge in [0, 0.05) is 31.8 Å². The number of likely N-dealkylation sites (tertiary alicyclic amines) is 1. The van der Waals surface area contributed by atoms with Crippen LogP contribution in [0.2, 0.25) is 8.67 Å². The lowest BCUT2D eigenvalue weighted by molar-refractivity contribution is -0.162. The lowest BCUT2D eigenvalue weighted by Crippen LogP contribution is -2.50. The zero-order valence-corrected chi connectivity index (χ0v) is 28.5. The quantitative estimate of drug-likeness (QED) is 0.257. The van der Waals surface area contributed by atoms with Gasteiger partial charge >= 0.3 is 5.97 Å². The van der Waals surface area contributed by atoms with Crippen LogP contribution in [0.25, 0.3) is 0 Å². The first kappa shape index (κ1) is 36.2. The van der Waals surface area contributed by atoms with Crippen molar-refractivity contribution in [1.82, 2.24) is 14.5 Å². The van der Waals surface area contributed by atoms with Gasteiger partial charge in [-0.05, 0) is 89.7 Å². The Balaban J connectivity index is 0.000000480. The molecule has 0 bridgehead atoms. The fourth-order valence-electron chi connectivity index (χ4n) is 4.88. The fourth-order valence-corrected chi connectivity index (χ4v) is 8.39. The second-order valence-electron chi connectivity index (χ2n) is 10.6. The number of halogens is 2. The molecule has 10 nitrogen and oxygen atoms in total. The van der Waals surface area contributed by atoms with Crippen LogP contribution in [0, 0.1) is 0 Å². The molecular weight excluding hydrogens is 657 g/mol. The summed E-state index contributed by atoms with van der Waals surface area (Å²) in [5.74, 6) is -1.36. The van der Waals surface area contributed by atoms with Crippen molar-refractivity contribution < 1.29 is 32.6 Å². The second-order valence-corrected chi connectivity index (χ2v) is 16.0. The van der Waals surface area contributed by atoms with Crippen molar-refractivity contribution in [1.29, 1.82) is 0 Å². The van der Waals surface area contributed by atoms with Gasteiger partial charge in [0.1, 0.15) is 4.88 Å². The Morgan fingerprint density at radius 3 is 2.26 bits per heavy atom. The van der Waals surface area contributed by atoms with E-state index in [1.165, 1.54) is 17.4 Å². The number of hydrogen-bond donors (Lipinski definition) is 2. The predicted octanol–water partition coefficient (Wildman–Crippen LogP) is 5.67. The molecule has 0 spiro atoms. The standard InChI is InChI=1S/C23H38ClN3O5S2.C5H3ClO2S/c1-18(2)26-13-9-19(10-14-26)27(12-5-16-32-22-6-3-4-15-31-22)34(29,30)17-11-25-23(28)20-7-8-21(24)33-20;6-4-2-1-3(9-4)5(7)8/h7-8,18-19,22H,3-6,9-17H2,1-2H3,(H,25,28);1-2H,(H,7,8). The molecule has 1 atom stereocenters. The van der Waals surface area contributed by atoms with Crippen LogP contribution in [0.15, 0.2) is 24.3 Å². The highest BCUT2D eigenvalue weighted by atomic mass is 35.5. The van der Waals surface area contributed by atoms with E-state index < -0.39 is 16.0 Å². The van der Waals surface area contributed by atoms with Crippen molar-refractivity contribution in [3.63, 3.8) is 0 Å². The molecular formula is C28H41Cl2N3O7S3. The Morgan fingerprint density at radius 1 is 1.09 bits per heavy atom. The summed E-state index contributed by atoms with van der Waals surface area (Å²) < 4.78 is 40.8. The number of thiophene rings is 2. The molecule has 4 heterocycles. The van der Waals surface area contributed by atoms with Gasteiger partial charge in [-0.1, -0.05) is 23.2 Å². The number of aromatic carboxylic acids is 1. The molecule has 1 unspecified atom stereocenters. The molecule has 2 aliphatic rings. The van der Waals surface area contributed by atoms with Crippen LogP contribution in [-0.2, 0) is 19.5 Å². The van der Waals surface area contributed by atoms with Gasteiger partial charge in [-0.3, -0.25) is 4.79 Å². The molecule has 0 aliphatic carbocycles. The van der Waals surface area contributed by atoms with Gasteiger partial charge < -0.3 is 24.8 Å². The first-order valence-electron chi connectivity index (χ1n) is 14.4. The van der Waals surface area contributed by atoms with Crippen molar-refractivity contribution in [3.8, 4) is 0 Å². The van der Waals surface area contributed by atoms with Crippen molar-refractivity contribution >= 4 is 67.8 Å². The molecule has 0 aromatic carbocycles. The monoisotopic (exact) mass is 697 g/mol. The largest absolute Gasteiger partial charge is 0.477 e. The lowest BCUT2D eigenvalue weighted by Gasteiger charge is -2.39. The number of carboxylic acids is 1. The first-order chi connectivity index (χ1) is 20.5. The maximum Gasteiger partial charge on any atom is 0.345 e. The van der Waals surface area contributed by atoms with E-state index in [9.17, 15) is 18.0 Å². The smallest absolute Gasteiger partial charge is 0.345 e. The van der Waals surface area contributed by atoms with Gasteiger partial charge in [0.05, 0.1) is 25.9 Å². The molecule has 2 aromatic rings. The normalized spacial score (nSPS) is 18.4. The lowest BCUT2D eigenvalue weighted by atomic mass is 10.0. The van der Waals surface area contributed by atoms with Crippen molar-refractivity contribution in [2.45, 2.75) is 70.7 Å². The van der Waals surface area contributed by atoms with Crippen molar-refractivity contribution in [3.05, 3.63) is 42.7 Å². The zero-order valence-electron chi connectivity index (χ0n) is 24.5. The number of hydrogen-bond acceptors (Lipinski definition) is 9. The van der Waals surface area contributed by atoms with E-state index in [2.05, 4.69) is 24.1 Å². The third-order valence-corrected chi connectivity index (χ3v) is 11.5. The zero-order chi connectivity index (χ0) is 31.4. The molecule has 1 amide bonds. The number of nitrogens with zero attached hydrogens (tertiary/aromatic N) is 2. The summed E-state index contributed by atoms with van der Waals surface area (Å²) in [7, 11) is -3.55. The highest BCUT2D eigenvalue weighted by Gasteiger charge is 2.33. The molecule has 0 radical (unpaired) electrons. The number of piperidine rings is 1. The predicted molar refractivity (Wildman–Crippen MR) is 172 cm³/mol. The number of rotatable bonds is 13. The SMILES string of the molecule is CC(C)N1CCC(N(CCCOC2CCCCO2)S(=O)(=O)CCNC(=O)c2ccc(Cl)s2)CC1.O=C(O)c1ccc(Cl)s1. The van der Waals surface area contributed by atoms with E-state index in [0.29, 0.717) is 39.2 Å². The van der Waals surface area contributed by atoms with E-state index in [1.54, 1.807) is 22.5 Å². The molecule has 2 aliphatic heterocycles. The van der Waals surface area contributed by atoms with Crippen LogP contribution in [0.5, 0.6) is 0 Å². The molecule has 2 fully saturated rings. The number of amides is 1. The third kappa shape index (κ3) is 12.2. The Labute approximate surface area is 272 Å². The Morgan fingerprint density at radius 2 is 1.74 bits per heavy atom. The maximum absolute atomic E-state index is 13.3. The molecule has 2 saturated heterocycles. The number of sulfonamides is 1. The van der Waals surface area contributed by atoms with Crippen molar-refractivity contribution in [2.75, 3.05) is 45.1 Å². The van der Waals surface area contributed by atoms with Crippen molar-refractivity contribution in [2.24, 2.45) is 0 Å². The Bertz CT molecular complexity index is 1260. The summed E-state index contributed by atoms with van der Waals surface area (Å²) in [6.07, 6.45) is 5.12. The van der Waals surface area contributed by atoms with E-state index in [0.717, 1.165) is 63.1 Å². The molecule has 4 rings (SSSR count). The molecule has 15 heteroatoms. The summed E-state index contributed by atoms with van der Waals surface area (Å²) >= 11 is 13.6. The van der Waals surface area contributed by atoms with Crippen LogP contribution < -0.4 is 5.32 Å². The first-order valence-corrected chi connectivity index (χ1v) is 18.4. The van der Waals surface area contributed by atoms with Crippen LogP contribution in [0.1, 0.15) is 71.7 Å². The van der Waals surface area contributed by atoms with Gasteiger partial charge in [-0.2, -0.15) is 4.31 Å². The van der Waals surface area contributed by atoms with Crippen LogP contribution in [-0.4, -0.2) is 98.1 Å². The van der Waals surface area contributed by atoms with Crippen LogP contribution in [0.4, 0.5) is 0 Å². The molecule has 0 saturated carbocycles. The summed E-state index contributed by atoms with van der Waals surface area (Å²) in [6, 6.07) is 6.77. The minimum absolute atomic E-state index is 0.0299. The van der Waals surface area contributed by atoms with E-state index in [1.807, 2.05) is 0 Å². The summed E-state index contributed by atoms with van der Waals surface area (Å²) in [5, 5.41) is 11.1. The topological polar surface area (TPSA) is 125 Å². The number of carboxylic acid groups (broad SMARTS) is 1. The number of carbonyl (C=O) groups excluding carboxylic acids is 1. The minimum Gasteiger partial charge on any atom is -0.477 e. The molecule has 43 heavy (non-hydrogen) atoms. The van der Waals surface area contributed by atoms with E-state index in [4.69, 9.17) is 37.8 Å². The molecule has 2 N–H and O–H groups in total. The van der Waals surface area contributed by atoms with E-state index >= 15 is 0 Å². The van der Waals surface area contributed by atoms with Gasteiger partial charge in [0.25, 0.3) is 5.91 Å². The highest BCUT2D eigenvalue weighted by molar-refractivity contribution is 7.89. The van der Waals surface area contributed by atoms with Gasteiger partial charge in [-0.25, -0.2) is 13.2 Å². The Kier molecular flexibility index (Phi) is 15.2. The average molecular weight is 699 g/mol. The van der Waals surface area contributed by atoms with Gasteiger partial charge in [0.15, 0.2) is 6.29 Å². The highest BCUT2D eigenvalue weighted by Crippen LogP contribution is 2.24. The fraction of sp³-hybridized carbons (Fsp3) is 0.643. The second kappa shape index (κ2) is 18.0. The van der Waals surface area contributed by atoms with Crippen LogP contribution >= 0.6 is 45.9 Å². The minimum atomic E-state index is -3.55. The number of nitrogens with one attached hydrogen (secondary N) is 1. The van der Waals surface area contributed by atoms with Gasteiger partial charge in [-0.15, -0.1) is 22.7 Å². The summed E-state index contributed by atoms with van der Waals surface area (Å²) in [5.41, 5.74) is 0. The third-order valence-electron chi connectivity index (χ3n) is 7.18. The summed E-state index contributed by atoms with van der Waals surface area (Å²) in [4.78, 5) is 25.6. The summed E-state index contributed by atoms with van der Waals surface area (Å²) in [6.45, 7) is 7.78. The Hall–Kier alpha value is -1.29. The molecule has 2 aromatic heterocycles. The number of carbonyl (C=O) groups is 2. The van der Waals surface area contributed by atoms with Crippen LogP contribution in [0.3, 0.4) is 0 Å². The molecule has 242 valence electrons.